The van der Waals surface area contributed by atoms with E-state index in [1.165, 1.54) is 84.0 Å². The molecule has 0 aliphatic heterocycles. The van der Waals surface area contributed by atoms with Gasteiger partial charge in [0.05, 0.1) is 0 Å². The lowest BCUT2D eigenvalue weighted by Gasteiger charge is -2.10. The van der Waals surface area contributed by atoms with Crippen LogP contribution in [0.5, 0.6) is 0 Å². The minimum absolute atomic E-state index is 0.382. The second-order valence-electron chi connectivity index (χ2n) is 7.29. The van der Waals surface area contributed by atoms with Gasteiger partial charge in [-0.25, -0.2) is 0 Å². The van der Waals surface area contributed by atoms with Gasteiger partial charge in [-0.1, -0.05) is 105 Å². The summed E-state index contributed by atoms with van der Waals surface area (Å²) in [5, 5.41) is 16.8. The molecule has 22 heavy (non-hydrogen) atoms. The number of rotatable bonds is 13. The van der Waals surface area contributed by atoms with Crippen LogP contribution in [-0.2, 0) is 0 Å². The molecule has 2 N–H and O–H groups in total. The van der Waals surface area contributed by atoms with Gasteiger partial charge in [-0.15, -0.1) is 0 Å². The summed E-state index contributed by atoms with van der Waals surface area (Å²) in [6, 6.07) is 0. The third-order valence-electron chi connectivity index (χ3n) is 4.05. The van der Waals surface area contributed by atoms with E-state index >= 15 is 0 Å². The molecule has 0 rings (SSSR count). The lowest BCUT2D eigenvalue weighted by molar-refractivity contribution is -0.145. The average Bonchev–Trinajstić information content (AvgIpc) is 2.44. The minimum atomic E-state index is -1.46. The van der Waals surface area contributed by atoms with E-state index in [2.05, 4.69) is 20.8 Å². The highest BCUT2D eigenvalue weighted by Gasteiger charge is 2.08. The Bertz CT molecular complexity index is 194. The Kier molecular flexibility index (Phi) is 19.0. The summed E-state index contributed by atoms with van der Waals surface area (Å²) < 4.78 is 0. The largest absolute Gasteiger partial charge is 0.366 e. The molecule has 0 radical (unpaired) electrons. The summed E-state index contributed by atoms with van der Waals surface area (Å²) in [6.07, 6.45) is 17.9. The van der Waals surface area contributed by atoms with E-state index in [4.69, 9.17) is 10.2 Å². The second kappa shape index (κ2) is 17.3. The van der Waals surface area contributed by atoms with Crippen molar-refractivity contribution in [2.45, 2.75) is 124 Å². The fourth-order valence-electron chi connectivity index (χ4n) is 2.22. The van der Waals surface area contributed by atoms with E-state index in [0.29, 0.717) is 6.42 Å². The van der Waals surface area contributed by atoms with E-state index in [0.717, 1.165) is 5.92 Å². The van der Waals surface area contributed by atoms with Gasteiger partial charge >= 0.3 is 0 Å². The highest BCUT2D eigenvalue weighted by Crippen LogP contribution is 2.13. The van der Waals surface area contributed by atoms with E-state index < -0.39 is 5.79 Å². The molecule has 0 unspecified atom stereocenters. The third kappa shape index (κ3) is 28.1. The van der Waals surface area contributed by atoms with Crippen LogP contribution in [0.3, 0.4) is 0 Å². The van der Waals surface area contributed by atoms with E-state index in [1.54, 1.807) is 6.92 Å². The van der Waals surface area contributed by atoms with Crippen molar-refractivity contribution in [3.63, 3.8) is 0 Å². The van der Waals surface area contributed by atoms with Gasteiger partial charge in [0.25, 0.3) is 0 Å². The number of aliphatic hydroxyl groups is 2. The zero-order valence-corrected chi connectivity index (χ0v) is 16.2. The molecule has 0 aliphatic rings. The quantitative estimate of drug-likeness (QED) is 0.303. The van der Waals surface area contributed by atoms with Crippen LogP contribution in [-0.4, -0.2) is 16.0 Å². The molecule has 0 saturated heterocycles. The van der Waals surface area contributed by atoms with E-state index in [-0.39, 0.29) is 0 Å². The summed E-state index contributed by atoms with van der Waals surface area (Å²) in [7, 11) is 0. The molecule has 0 aromatic carbocycles. The lowest BCUT2D eigenvalue weighted by Crippen LogP contribution is -2.20. The maximum absolute atomic E-state index is 8.38. The molecule has 0 aliphatic carbocycles. The topological polar surface area (TPSA) is 40.5 Å². The highest BCUT2D eigenvalue weighted by molar-refractivity contribution is 4.50. The molecule has 136 valence electrons. The highest BCUT2D eigenvalue weighted by atomic mass is 16.5. The average molecular weight is 317 g/mol. The first kappa shape index (κ1) is 24.2. The second-order valence-corrected chi connectivity index (χ2v) is 7.29. The van der Waals surface area contributed by atoms with Gasteiger partial charge in [0.1, 0.15) is 0 Å². The molecular formula is C20H44O2. The Morgan fingerprint density at radius 2 is 1.00 bits per heavy atom. The molecule has 0 aromatic heterocycles. The molecule has 0 aromatic rings. The van der Waals surface area contributed by atoms with Crippen LogP contribution in [0.4, 0.5) is 0 Å². The Morgan fingerprint density at radius 3 is 1.27 bits per heavy atom. The van der Waals surface area contributed by atoms with Crippen molar-refractivity contribution in [1.29, 1.82) is 0 Å². The van der Waals surface area contributed by atoms with Gasteiger partial charge in [0, 0.05) is 0 Å². The first-order chi connectivity index (χ1) is 10.3. The standard InChI is InChI=1S/C16H34.C4H10O2/c1-4-5-6-7-8-9-10-11-12-13-14-15-16(2)3;1-3-4(2,5)6/h16H,4-15H2,1-3H3;5-6H,3H2,1-2H3. The van der Waals surface area contributed by atoms with E-state index in [1.807, 2.05) is 0 Å². The Morgan fingerprint density at radius 1 is 0.682 bits per heavy atom. The van der Waals surface area contributed by atoms with Crippen molar-refractivity contribution in [3.05, 3.63) is 0 Å². The van der Waals surface area contributed by atoms with Crippen molar-refractivity contribution in [2.75, 3.05) is 0 Å². The molecule has 2 nitrogen and oxygen atoms in total. The van der Waals surface area contributed by atoms with Gasteiger partial charge in [-0.2, -0.15) is 0 Å². The normalized spacial score (nSPS) is 11.5. The van der Waals surface area contributed by atoms with Crippen LogP contribution >= 0.6 is 0 Å². The predicted octanol–water partition coefficient (Wildman–Crippen LogP) is 6.44. The molecule has 0 heterocycles. The number of hydrogen-bond acceptors (Lipinski definition) is 2. The molecule has 0 spiro atoms. The molecule has 2 heteroatoms. The van der Waals surface area contributed by atoms with Crippen molar-refractivity contribution < 1.29 is 10.2 Å². The van der Waals surface area contributed by atoms with Crippen LogP contribution in [0.2, 0.25) is 0 Å². The van der Waals surface area contributed by atoms with Crippen LogP contribution in [0, 0.1) is 5.92 Å². The van der Waals surface area contributed by atoms with Gasteiger partial charge in [0.2, 0.25) is 0 Å². The molecule has 0 atom stereocenters. The summed E-state index contributed by atoms with van der Waals surface area (Å²) >= 11 is 0. The Labute approximate surface area is 140 Å². The SMILES string of the molecule is CCC(C)(O)O.CCCCCCCCCCCCCC(C)C. The maximum atomic E-state index is 8.38. The molecular weight excluding hydrogens is 272 g/mol. The summed E-state index contributed by atoms with van der Waals surface area (Å²) in [6.45, 7) is 10.0. The Hall–Kier alpha value is -0.0800. The molecule has 0 fully saturated rings. The molecule has 0 amide bonds. The van der Waals surface area contributed by atoms with Crippen LogP contribution < -0.4 is 0 Å². The Balaban J connectivity index is 0. The predicted molar refractivity (Wildman–Crippen MR) is 99.0 cm³/mol. The first-order valence-electron chi connectivity index (χ1n) is 9.78. The molecule has 0 saturated carbocycles. The van der Waals surface area contributed by atoms with Gasteiger partial charge in [0.15, 0.2) is 5.79 Å². The lowest BCUT2D eigenvalue weighted by atomic mass is 10.0. The van der Waals surface area contributed by atoms with E-state index in [9.17, 15) is 0 Å². The fourth-order valence-corrected chi connectivity index (χ4v) is 2.22. The van der Waals surface area contributed by atoms with Crippen molar-refractivity contribution in [3.8, 4) is 0 Å². The van der Waals surface area contributed by atoms with Crippen LogP contribution in [0.25, 0.3) is 0 Å². The van der Waals surface area contributed by atoms with Crippen molar-refractivity contribution >= 4 is 0 Å². The van der Waals surface area contributed by atoms with Crippen LogP contribution in [0.1, 0.15) is 118 Å². The van der Waals surface area contributed by atoms with Gasteiger partial charge in [-0.05, 0) is 19.3 Å². The summed E-state index contributed by atoms with van der Waals surface area (Å²) in [5.41, 5.74) is 0. The summed E-state index contributed by atoms with van der Waals surface area (Å²) in [4.78, 5) is 0. The zero-order valence-electron chi connectivity index (χ0n) is 16.2. The minimum Gasteiger partial charge on any atom is -0.366 e. The number of unbranched alkanes of at least 4 members (excludes halogenated alkanes) is 10. The smallest absolute Gasteiger partial charge is 0.159 e. The monoisotopic (exact) mass is 316 g/mol. The molecule has 0 bridgehead atoms. The van der Waals surface area contributed by atoms with Gasteiger partial charge < -0.3 is 10.2 Å². The third-order valence-corrected chi connectivity index (χ3v) is 4.05. The first-order valence-corrected chi connectivity index (χ1v) is 9.78. The van der Waals surface area contributed by atoms with Gasteiger partial charge in [-0.3, -0.25) is 0 Å². The van der Waals surface area contributed by atoms with Crippen molar-refractivity contribution in [2.24, 2.45) is 5.92 Å². The number of hydrogen-bond donors (Lipinski definition) is 2. The summed E-state index contributed by atoms with van der Waals surface area (Å²) in [5.74, 6) is -0.557. The zero-order chi connectivity index (χ0) is 17.3. The van der Waals surface area contributed by atoms with Crippen molar-refractivity contribution in [1.82, 2.24) is 0 Å². The maximum Gasteiger partial charge on any atom is 0.159 e. The fraction of sp³-hybridized carbons (Fsp3) is 1.00. The van der Waals surface area contributed by atoms with Crippen LogP contribution in [0.15, 0.2) is 0 Å².